The van der Waals surface area contributed by atoms with Crippen molar-refractivity contribution in [2.24, 2.45) is 5.41 Å². The van der Waals surface area contributed by atoms with Gasteiger partial charge in [0.25, 0.3) is 0 Å². The number of hydrogen-bond donors (Lipinski definition) is 0. The first-order chi connectivity index (χ1) is 8.15. The molecule has 0 aromatic heterocycles. The Kier molecular flexibility index (Phi) is 4.76. The summed E-state index contributed by atoms with van der Waals surface area (Å²) in [7, 11) is 0. The molecule has 94 valence electrons. The van der Waals surface area contributed by atoms with Crippen LogP contribution in [-0.4, -0.2) is 18.5 Å². The van der Waals surface area contributed by atoms with Crippen molar-refractivity contribution in [3.8, 4) is 0 Å². The van der Waals surface area contributed by atoms with Gasteiger partial charge >= 0.3 is 0 Å². The maximum atomic E-state index is 6.05. The van der Waals surface area contributed by atoms with E-state index in [1.165, 1.54) is 12.0 Å². The SMILES string of the molecule is Clc1ccc(CC2(CBr)CCCOC2)cc1Cl. The van der Waals surface area contributed by atoms with Gasteiger partial charge in [0, 0.05) is 17.4 Å². The number of halogens is 3. The number of alkyl halides is 1. The summed E-state index contributed by atoms with van der Waals surface area (Å²) in [6.07, 6.45) is 3.31. The van der Waals surface area contributed by atoms with Gasteiger partial charge in [-0.05, 0) is 37.0 Å². The molecule has 4 heteroatoms. The molecule has 1 atom stereocenters. The average Bonchev–Trinajstić information content (AvgIpc) is 2.35. The first-order valence-corrected chi connectivity index (χ1v) is 7.61. The zero-order chi connectivity index (χ0) is 12.3. The fraction of sp³-hybridized carbons (Fsp3) is 0.538. The van der Waals surface area contributed by atoms with Crippen LogP contribution in [0.5, 0.6) is 0 Å². The highest BCUT2D eigenvalue weighted by atomic mass is 79.9. The van der Waals surface area contributed by atoms with Crippen molar-refractivity contribution in [2.45, 2.75) is 19.3 Å². The van der Waals surface area contributed by atoms with Crippen LogP contribution in [0.25, 0.3) is 0 Å². The van der Waals surface area contributed by atoms with Crippen molar-refractivity contribution < 1.29 is 4.74 Å². The van der Waals surface area contributed by atoms with Crippen molar-refractivity contribution in [2.75, 3.05) is 18.5 Å². The molecular formula is C13H15BrCl2O. The Balaban J connectivity index is 2.14. The molecule has 1 aromatic carbocycles. The lowest BCUT2D eigenvalue weighted by atomic mass is 9.79. The van der Waals surface area contributed by atoms with Gasteiger partial charge in [0.2, 0.25) is 0 Å². The lowest BCUT2D eigenvalue weighted by Gasteiger charge is -2.35. The van der Waals surface area contributed by atoms with Crippen LogP contribution in [0.1, 0.15) is 18.4 Å². The molecule has 1 saturated heterocycles. The number of benzene rings is 1. The molecule has 1 aliphatic rings. The molecule has 0 aliphatic carbocycles. The Labute approximate surface area is 121 Å². The highest BCUT2D eigenvalue weighted by Crippen LogP contribution is 2.35. The maximum absolute atomic E-state index is 6.05. The molecule has 1 fully saturated rings. The predicted octanol–water partition coefficient (Wildman–Crippen LogP) is 4.73. The number of ether oxygens (including phenoxy) is 1. The first-order valence-electron chi connectivity index (χ1n) is 5.73. The maximum Gasteiger partial charge on any atom is 0.0595 e. The van der Waals surface area contributed by atoms with E-state index in [0.717, 1.165) is 31.4 Å². The van der Waals surface area contributed by atoms with Crippen molar-refractivity contribution in [1.82, 2.24) is 0 Å². The van der Waals surface area contributed by atoms with E-state index in [9.17, 15) is 0 Å². The van der Waals surface area contributed by atoms with E-state index in [4.69, 9.17) is 27.9 Å². The van der Waals surface area contributed by atoms with E-state index in [-0.39, 0.29) is 5.41 Å². The quantitative estimate of drug-likeness (QED) is 0.724. The number of hydrogen-bond acceptors (Lipinski definition) is 1. The van der Waals surface area contributed by atoms with Crippen LogP contribution in [0.4, 0.5) is 0 Å². The van der Waals surface area contributed by atoms with Crippen molar-refractivity contribution in [3.63, 3.8) is 0 Å². The fourth-order valence-corrected chi connectivity index (χ4v) is 3.25. The van der Waals surface area contributed by atoms with Crippen molar-refractivity contribution in [1.29, 1.82) is 0 Å². The van der Waals surface area contributed by atoms with E-state index >= 15 is 0 Å². The lowest BCUT2D eigenvalue weighted by molar-refractivity contribution is 0.00615. The van der Waals surface area contributed by atoms with Crippen LogP contribution in [0.3, 0.4) is 0 Å². The smallest absolute Gasteiger partial charge is 0.0595 e. The zero-order valence-electron chi connectivity index (χ0n) is 9.52. The van der Waals surface area contributed by atoms with Crippen LogP contribution in [0, 0.1) is 5.41 Å². The van der Waals surface area contributed by atoms with E-state index in [1.54, 1.807) is 0 Å². The fourth-order valence-electron chi connectivity index (χ4n) is 2.28. The molecule has 1 aromatic rings. The molecule has 1 heterocycles. The summed E-state index contributed by atoms with van der Waals surface area (Å²) in [6.45, 7) is 1.70. The van der Waals surface area contributed by atoms with Gasteiger partial charge in [-0.25, -0.2) is 0 Å². The van der Waals surface area contributed by atoms with E-state index < -0.39 is 0 Å². The summed E-state index contributed by atoms with van der Waals surface area (Å²) in [4.78, 5) is 0. The molecule has 1 unspecified atom stereocenters. The zero-order valence-corrected chi connectivity index (χ0v) is 12.6. The minimum atomic E-state index is 0.204. The largest absolute Gasteiger partial charge is 0.381 e. The molecule has 0 saturated carbocycles. The summed E-state index contributed by atoms with van der Waals surface area (Å²) in [5.41, 5.74) is 1.43. The molecule has 0 radical (unpaired) electrons. The Morgan fingerprint density at radius 3 is 2.71 bits per heavy atom. The van der Waals surface area contributed by atoms with Gasteiger partial charge in [0.05, 0.1) is 16.7 Å². The summed E-state index contributed by atoms with van der Waals surface area (Å²) >= 11 is 15.6. The van der Waals surface area contributed by atoms with E-state index in [2.05, 4.69) is 15.9 Å². The molecule has 17 heavy (non-hydrogen) atoms. The first kappa shape index (κ1) is 13.7. The van der Waals surface area contributed by atoms with E-state index in [0.29, 0.717) is 10.0 Å². The Morgan fingerprint density at radius 2 is 2.12 bits per heavy atom. The second-order valence-corrected chi connectivity index (χ2v) is 6.09. The molecule has 0 bridgehead atoms. The van der Waals surface area contributed by atoms with Crippen molar-refractivity contribution in [3.05, 3.63) is 33.8 Å². The normalized spacial score (nSPS) is 24.9. The van der Waals surface area contributed by atoms with Gasteiger partial charge in [0.1, 0.15) is 0 Å². The molecular weight excluding hydrogens is 323 g/mol. The van der Waals surface area contributed by atoms with Crippen LogP contribution in [0.2, 0.25) is 10.0 Å². The van der Waals surface area contributed by atoms with Gasteiger partial charge in [0.15, 0.2) is 0 Å². The Bertz CT molecular complexity index is 389. The third kappa shape index (κ3) is 3.37. The topological polar surface area (TPSA) is 9.23 Å². The molecule has 1 aliphatic heterocycles. The van der Waals surface area contributed by atoms with Crippen LogP contribution in [-0.2, 0) is 11.2 Å². The molecule has 0 spiro atoms. The predicted molar refractivity (Wildman–Crippen MR) is 76.4 cm³/mol. The minimum absolute atomic E-state index is 0.204. The lowest BCUT2D eigenvalue weighted by Crippen LogP contribution is -2.35. The monoisotopic (exact) mass is 336 g/mol. The minimum Gasteiger partial charge on any atom is -0.381 e. The third-order valence-electron chi connectivity index (χ3n) is 3.25. The van der Waals surface area contributed by atoms with Gasteiger partial charge in [-0.15, -0.1) is 0 Å². The highest BCUT2D eigenvalue weighted by Gasteiger charge is 2.32. The molecule has 2 rings (SSSR count). The molecule has 0 amide bonds. The third-order valence-corrected chi connectivity index (χ3v) is 5.18. The van der Waals surface area contributed by atoms with Gasteiger partial charge in [-0.1, -0.05) is 45.2 Å². The van der Waals surface area contributed by atoms with E-state index in [1.807, 2.05) is 18.2 Å². The van der Waals surface area contributed by atoms with Crippen LogP contribution < -0.4 is 0 Å². The highest BCUT2D eigenvalue weighted by molar-refractivity contribution is 9.09. The summed E-state index contributed by atoms with van der Waals surface area (Å²) < 4.78 is 5.61. The molecule has 1 nitrogen and oxygen atoms in total. The van der Waals surface area contributed by atoms with Gasteiger partial charge in [-0.2, -0.15) is 0 Å². The van der Waals surface area contributed by atoms with Gasteiger partial charge in [-0.3, -0.25) is 0 Å². The summed E-state index contributed by atoms with van der Waals surface area (Å²) in [5, 5.41) is 2.20. The standard InChI is InChI=1S/C13H15BrCl2O/c14-8-13(4-1-5-17-9-13)7-10-2-3-11(15)12(16)6-10/h2-3,6H,1,4-5,7-9H2. The number of rotatable bonds is 3. The molecule has 0 N–H and O–H groups in total. The van der Waals surface area contributed by atoms with Crippen molar-refractivity contribution >= 4 is 39.1 Å². The average molecular weight is 338 g/mol. The second kappa shape index (κ2) is 5.92. The van der Waals surface area contributed by atoms with Crippen LogP contribution >= 0.6 is 39.1 Å². The summed E-state index contributed by atoms with van der Waals surface area (Å²) in [6, 6.07) is 5.88. The second-order valence-electron chi connectivity index (χ2n) is 4.72. The summed E-state index contributed by atoms with van der Waals surface area (Å²) in [5.74, 6) is 0. The Hall–Kier alpha value is 0.240. The van der Waals surface area contributed by atoms with Crippen LogP contribution in [0.15, 0.2) is 18.2 Å². The van der Waals surface area contributed by atoms with Gasteiger partial charge < -0.3 is 4.74 Å². The Morgan fingerprint density at radius 1 is 1.29 bits per heavy atom.